The maximum atomic E-state index is 11.4. The fraction of sp³-hybridized carbons (Fsp3) is 0.333. The molecule has 0 spiro atoms. The van der Waals surface area contributed by atoms with Crippen molar-refractivity contribution in [1.82, 2.24) is 20.2 Å². The third-order valence-electron chi connectivity index (χ3n) is 2.44. The molecule has 0 radical (unpaired) electrons. The Bertz CT molecular complexity index is 491. The number of hydrogen-bond acceptors (Lipinski definition) is 3. The number of amides is 2. The molecule has 18 heavy (non-hydrogen) atoms. The summed E-state index contributed by atoms with van der Waals surface area (Å²) in [5.74, 6) is 0. The summed E-state index contributed by atoms with van der Waals surface area (Å²) in [6, 6.07) is 7.55. The second kappa shape index (κ2) is 6.02. The lowest BCUT2D eigenvalue weighted by Gasteiger charge is -2.05. The highest BCUT2D eigenvalue weighted by atomic mass is 16.5. The van der Waals surface area contributed by atoms with Crippen LogP contribution in [-0.4, -0.2) is 35.9 Å². The number of carbonyl (C=O) groups is 1. The van der Waals surface area contributed by atoms with Crippen LogP contribution >= 0.6 is 0 Å². The summed E-state index contributed by atoms with van der Waals surface area (Å²) in [4.78, 5) is 11.4. The average Bonchev–Trinajstić information content (AvgIpc) is 2.79. The van der Waals surface area contributed by atoms with Crippen molar-refractivity contribution in [2.24, 2.45) is 0 Å². The summed E-state index contributed by atoms with van der Waals surface area (Å²) in [5.41, 5.74) is 1.83. The normalized spacial score (nSPS) is 10.5. The van der Waals surface area contributed by atoms with Gasteiger partial charge >= 0.3 is 6.03 Å². The lowest BCUT2D eigenvalue weighted by atomic mass is 10.3. The molecule has 0 aliphatic carbocycles. The number of nitrogens with zero attached hydrogens (tertiary/aromatic N) is 2. The van der Waals surface area contributed by atoms with E-state index in [0.29, 0.717) is 19.7 Å². The average molecular weight is 248 g/mol. The molecule has 0 aromatic carbocycles. The molecule has 6 heteroatoms. The molecule has 0 fully saturated rings. The first-order valence-electron chi connectivity index (χ1n) is 5.73. The van der Waals surface area contributed by atoms with Crippen LogP contribution in [0.4, 0.5) is 4.79 Å². The molecule has 2 rings (SSSR count). The van der Waals surface area contributed by atoms with Gasteiger partial charge < -0.3 is 15.4 Å². The van der Waals surface area contributed by atoms with Crippen LogP contribution in [0.3, 0.4) is 0 Å². The lowest BCUT2D eigenvalue weighted by Crippen LogP contribution is -2.36. The molecule has 2 amide bonds. The SMILES string of the molecule is COCCNC(=O)NCc1cc2ccccn2n1. The topological polar surface area (TPSA) is 67.7 Å². The van der Waals surface area contributed by atoms with E-state index in [0.717, 1.165) is 11.2 Å². The summed E-state index contributed by atoms with van der Waals surface area (Å²) in [6.07, 6.45) is 1.87. The van der Waals surface area contributed by atoms with Crippen LogP contribution in [0.1, 0.15) is 5.69 Å². The third kappa shape index (κ3) is 3.21. The number of carbonyl (C=O) groups excluding carboxylic acids is 1. The molecular formula is C12H16N4O2. The van der Waals surface area contributed by atoms with Gasteiger partial charge in [0.15, 0.2) is 0 Å². The Labute approximate surface area is 105 Å². The Kier molecular flexibility index (Phi) is 4.14. The predicted molar refractivity (Wildman–Crippen MR) is 67.3 cm³/mol. The van der Waals surface area contributed by atoms with Gasteiger partial charge in [0.1, 0.15) is 0 Å². The Morgan fingerprint density at radius 2 is 2.33 bits per heavy atom. The Balaban J connectivity index is 1.84. The van der Waals surface area contributed by atoms with E-state index >= 15 is 0 Å². The monoisotopic (exact) mass is 248 g/mol. The van der Waals surface area contributed by atoms with Crippen molar-refractivity contribution < 1.29 is 9.53 Å². The summed E-state index contributed by atoms with van der Waals surface area (Å²) in [5, 5.41) is 9.75. The largest absolute Gasteiger partial charge is 0.383 e. The first-order chi connectivity index (χ1) is 8.79. The molecular weight excluding hydrogens is 232 g/mol. The quantitative estimate of drug-likeness (QED) is 0.768. The number of pyridine rings is 1. The van der Waals surface area contributed by atoms with Crippen molar-refractivity contribution in [1.29, 1.82) is 0 Å². The van der Waals surface area contributed by atoms with Crippen LogP contribution in [0, 0.1) is 0 Å². The van der Waals surface area contributed by atoms with Crippen LogP contribution in [0.15, 0.2) is 30.5 Å². The molecule has 6 nitrogen and oxygen atoms in total. The molecule has 0 atom stereocenters. The van der Waals surface area contributed by atoms with Crippen molar-refractivity contribution in [2.45, 2.75) is 6.54 Å². The second-order valence-corrected chi connectivity index (χ2v) is 3.81. The predicted octanol–water partition coefficient (Wildman–Crippen LogP) is 0.780. The number of rotatable bonds is 5. The third-order valence-corrected chi connectivity index (χ3v) is 2.44. The van der Waals surface area contributed by atoms with E-state index in [1.165, 1.54) is 0 Å². The van der Waals surface area contributed by atoms with Crippen molar-refractivity contribution in [3.05, 3.63) is 36.2 Å². The number of methoxy groups -OCH3 is 1. The number of aromatic nitrogens is 2. The first-order valence-corrected chi connectivity index (χ1v) is 5.73. The summed E-state index contributed by atoms with van der Waals surface area (Å²) < 4.78 is 6.61. The van der Waals surface area contributed by atoms with Crippen LogP contribution in [0.2, 0.25) is 0 Å². The van der Waals surface area contributed by atoms with Gasteiger partial charge in [0.2, 0.25) is 0 Å². The van der Waals surface area contributed by atoms with Crippen LogP contribution in [0.5, 0.6) is 0 Å². The molecule has 0 bridgehead atoms. The van der Waals surface area contributed by atoms with Gasteiger partial charge in [-0.3, -0.25) is 0 Å². The summed E-state index contributed by atoms with van der Waals surface area (Å²) in [6.45, 7) is 1.40. The number of urea groups is 1. The van der Waals surface area contributed by atoms with Gasteiger partial charge in [0, 0.05) is 19.9 Å². The lowest BCUT2D eigenvalue weighted by molar-refractivity contribution is 0.196. The Morgan fingerprint density at radius 1 is 1.44 bits per heavy atom. The van der Waals surface area contributed by atoms with Crippen molar-refractivity contribution in [2.75, 3.05) is 20.3 Å². The number of ether oxygens (including phenoxy) is 1. The van der Waals surface area contributed by atoms with Gasteiger partial charge in [-0.15, -0.1) is 0 Å². The first kappa shape index (κ1) is 12.4. The molecule has 0 unspecified atom stereocenters. The van der Waals surface area contributed by atoms with E-state index < -0.39 is 0 Å². The van der Waals surface area contributed by atoms with E-state index in [4.69, 9.17) is 4.74 Å². The summed E-state index contributed by atoms with van der Waals surface area (Å²) in [7, 11) is 1.59. The fourth-order valence-corrected chi connectivity index (χ4v) is 1.58. The van der Waals surface area contributed by atoms with E-state index in [1.54, 1.807) is 11.6 Å². The molecule has 2 heterocycles. The molecule has 2 aromatic heterocycles. The van der Waals surface area contributed by atoms with Crippen molar-refractivity contribution in [3.63, 3.8) is 0 Å². The van der Waals surface area contributed by atoms with Gasteiger partial charge in [-0.25, -0.2) is 9.31 Å². The van der Waals surface area contributed by atoms with Crippen molar-refractivity contribution in [3.8, 4) is 0 Å². The van der Waals surface area contributed by atoms with Crippen molar-refractivity contribution >= 4 is 11.5 Å². The maximum Gasteiger partial charge on any atom is 0.315 e. The standard InChI is InChI=1S/C12H16N4O2/c1-18-7-5-13-12(17)14-9-10-8-11-4-2-3-6-16(11)15-10/h2-4,6,8H,5,7,9H2,1H3,(H2,13,14,17). The van der Waals surface area contributed by atoms with Gasteiger partial charge in [-0.05, 0) is 18.2 Å². The molecule has 0 aliphatic rings. The minimum Gasteiger partial charge on any atom is -0.383 e. The van der Waals surface area contributed by atoms with Gasteiger partial charge in [0.25, 0.3) is 0 Å². The fourth-order valence-electron chi connectivity index (χ4n) is 1.58. The van der Waals surface area contributed by atoms with Gasteiger partial charge in [-0.2, -0.15) is 5.10 Å². The number of fused-ring (bicyclic) bond motifs is 1. The van der Waals surface area contributed by atoms with Crippen LogP contribution < -0.4 is 10.6 Å². The minimum absolute atomic E-state index is 0.218. The van der Waals surface area contributed by atoms with Crippen LogP contribution in [-0.2, 0) is 11.3 Å². The highest BCUT2D eigenvalue weighted by Gasteiger charge is 2.03. The molecule has 0 aliphatic heterocycles. The summed E-state index contributed by atoms with van der Waals surface area (Å²) >= 11 is 0. The van der Waals surface area contributed by atoms with Gasteiger partial charge in [0.05, 0.1) is 24.4 Å². The second-order valence-electron chi connectivity index (χ2n) is 3.81. The Morgan fingerprint density at radius 3 is 3.11 bits per heavy atom. The zero-order valence-electron chi connectivity index (χ0n) is 10.2. The Hall–Kier alpha value is -2.08. The molecule has 0 saturated heterocycles. The van der Waals surface area contributed by atoms with Gasteiger partial charge in [-0.1, -0.05) is 6.07 Å². The van der Waals surface area contributed by atoms with E-state index in [2.05, 4.69) is 15.7 Å². The number of nitrogens with one attached hydrogen (secondary N) is 2. The van der Waals surface area contributed by atoms with E-state index in [1.807, 2.05) is 30.5 Å². The molecule has 2 aromatic rings. The smallest absolute Gasteiger partial charge is 0.315 e. The zero-order valence-corrected chi connectivity index (χ0v) is 10.2. The molecule has 0 saturated carbocycles. The highest BCUT2D eigenvalue weighted by Crippen LogP contribution is 2.05. The highest BCUT2D eigenvalue weighted by molar-refractivity contribution is 5.73. The maximum absolute atomic E-state index is 11.4. The van der Waals surface area contributed by atoms with E-state index in [9.17, 15) is 4.79 Å². The van der Waals surface area contributed by atoms with Crippen LogP contribution in [0.25, 0.3) is 5.52 Å². The molecule has 96 valence electrons. The molecule has 2 N–H and O–H groups in total. The van der Waals surface area contributed by atoms with E-state index in [-0.39, 0.29) is 6.03 Å². The zero-order chi connectivity index (χ0) is 12.8. The minimum atomic E-state index is -0.218. The number of hydrogen-bond donors (Lipinski definition) is 2.